The normalized spacial score (nSPS) is 10.7. The van der Waals surface area contributed by atoms with Crippen LogP contribution >= 0.6 is 11.6 Å². The number of hydrogen-bond acceptors (Lipinski definition) is 5. The van der Waals surface area contributed by atoms with Crippen molar-refractivity contribution in [1.29, 1.82) is 5.26 Å². The molecule has 0 unspecified atom stereocenters. The molecule has 0 atom stereocenters. The predicted molar refractivity (Wildman–Crippen MR) is 134 cm³/mol. The lowest BCUT2D eigenvalue weighted by atomic mass is 10.0. The standard InChI is InChI=1S/C28H18ClN3O2/c29-26-13-24(7-5-22(26)11-19-9-10-34-17-19)32-28-23(14-30)15-31-27-12-21(6-8-25(27)28)20-3-1-18(16-33)2-4-20/h1-10,12-13,15-17H,11H2,(H,31,32). The molecule has 2 heterocycles. The maximum absolute atomic E-state index is 10.9. The van der Waals surface area contributed by atoms with Crippen LogP contribution in [0.25, 0.3) is 22.0 Å². The second-order valence-corrected chi connectivity index (χ2v) is 8.28. The minimum atomic E-state index is 0.439. The summed E-state index contributed by atoms with van der Waals surface area (Å²) in [6.07, 6.45) is 6.41. The molecule has 164 valence electrons. The van der Waals surface area contributed by atoms with Crippen molar-refractivity contribution in [3.63, 3.8) is 0 Å². The molecular weight excluding hydrogens is 446 g/mol. The Morgan fingerprint density at radius 3 is 2.56 bits per heavy atom. The average Bonchev–Trinajstić information content (AvgIpc) is 3.39. The average molecular weight is 464 g/mol. The number of anilines is 2. The summed E-state index contributed by atoms with van der Waals surface area (Å²) >= 11 is 6.54. The summed E-state index contributed by atoms with van der Waals surface area (Å²) in [4.78, 5) is 15.4. The first-order chi connectivity index (χ1) is 16.6. The zero-order chi connectivity index (χ0) is 23.5. The van der Waals surface area contributed by atoms with Gasteiger partial charge < -0.3 is 9.73 Å². The van der Waals surface area contributed by atoms with E-state index in [0.717, 1.165) is 45.1 Å². The molecule has 34 heavy (non-hydrogen) atoms. The Bertz CT molecular complexity index is 1540. The van der Waals surface area contributed by atoms with Crippen LogP contribution in [0, 0.1) is 11.3 Å². The quantitative estimate of drug-likeness (QED) is 0.270. The number of nitrogens with zero attached hydrogens (tertiary/aromatic N) is 2. The van der Waals surface area contributed by atoms with E-state index in [9.17, 15) is 10.1 Å². The van der Waals surface area contributed by atoms with E-state index < -0.39 is 0 Å². The summed E-state index contributed by atoms with van der Waals surface area (Å²) in [7, 11) is 0. The number of nitrogens with one attached hydrogen (secondary N) is 1. The summed E-state index contributed by atoms with van der Waals surface area (Å²) in [5.41, 5.74) is 7.25. The Balaban J connectivity index is 1.49. The summed E-state index contributed by atoms with van der Waals surface area (Å²) in [6.45, 7) is 0. The van der Waals surface area contributed by atoms with Crippen LogP contribution in [0.5, 0.6) is 0 Å². The van der Waals surface area contributed by atoms with Gasteiger partial charge in [0.05, 0.1) is 29.3 Å². The number of rotatable bonds is 6. The number of benzene rings is 3. The van der Waals surface area contributed by atoms with Gasteiger partial charge in [0.15, 0.2) is 0 Å². The number of carbonyl (C=O) groups is 1. The summed E-state index contributed by atoms with van der Waals surface area (Å²) in [5.74, 6) is 0. The van der Waals surface area contributed by atoms with Gasteiger partial charge in [-0.25, -0.2) is 0 Å². The Morgan fingerprint density at radius 1 is 1.03 bits per heavy atom. The molecule has 0 aliphatic carbocycles. The highest BCUT2D eigenvalue weighted by atomic mass is 35.5. The van der Waals surface area contributed by atoms with Gasteiger partial charge in [-0.3, -0.25) is 9.78 Å². The van der Waals surface area contributed by atoms with Crippen LogP contribution in [-0.2, 0) is 6.42 Å². The first-order valence-electron chi connectivity index (χ1n) is 10.6. The maximum Gasteiger partial charge on any atom is 0.150 e. The van der Waals surface area contributed by atoms with E-state index in [1.54, 1.807) is 30.9 Å². The minimum Gasteiger partial charge on any atom is -0.472 e. The molecule has 0 bridgehead atoms. The molecule has 0 saturated carbocycles. The van der Waals surface area contributed by atoms with Crippen molar-refractivity contribution < 1.29 is 9.21 Å². The Hall–Kier alpha value is -4.40. The molecule has 3 aromatic carbocycles. The number of nitriles is 1. The predicted octanol–water partition coefficient (Wildman–Crippen LogP) is 7.17. The number of carbonyl (C=O) groups excluding carboxylic acids is 1. The van der Waals surface area contributed by atoms with Crippen LogP contribution in [0.2, 0.25) is 5.02 Å². The van der Waals surface area contributed by atoms with Crippen molar-refractivity contribution in [2.75, 3.05) is 5.32 Å². The number of aldehydes is 1. The minimum absolute atomic E-state index is 0.439. The van der Waals surface area contributed by atoms with Crippen LogP contribution in [0.15, 0.2) is 89.9 Å². The van der Waals surface area contributed by atoms with E-state index in [4.69, 9.17) is 16.0 Å². The van der Waals surface area contributed by atoms with Crippen LogP contribution in [0.1, 0.15) is 27.0 Å². The molecule has 2 aromatic heterocycles. The molecule has 0 fully saturated rings. The highest BCUT2D eigenvalue weighted by molar-refractivity contribution is 6.31. The van der Waals surface area contributed by atoms with E-state index in [-0.39, 0.29) is 0 Å². The molecule has 0 amide bonds. The lowest BCUT2D eigenvalue weighted by molar-refractivity contribution is 0.112. The Labute approximate surface area is 201 Å². The zero-order valence-electron chi connectivity index (χ0n) is 18.0. The summed E-state index contributed by atoms with van der Waals surface area (Å²) < 4.78 is 5.14. The second-order valence-electron chi connectivity index (χ2n) is 7.87. The number of halogens is 1. The summed E-state index contributed by atoms with van der Waals surface area (Å²) in [6, 6.07) is 23.2. The molecule has 0 aliphatic rings. The molecule has 6 heteroatoms. The zero-order valence-corrected chi connectivity index (χ0v) is 18.7. The van der Waals surface area contributed by atoms with Gasteiger partial charge >= 0.3 is 0 Å². The van der Waals surface area contributed by atoms with Crippen LogP contribution in [-0.4, -0.2) is 11.3 Å². The SMILES string of the molecule is N#Cc1cnc2cc(-c3ccc(C=O)cc3)ccc2c1Nc1ccc(Cc2ccoc2)c(Cl)c1. The molecule has 5 aromatic rings. The molecule has 1 N–H and O–H groups in total. The number of furan rings is 1. The Morgan fingerprint density at radius 2 is 1.85 bits per heavy atom. The van der Waals surface area contributed by atoms with Crippen molar-refractivity contribution in [3.8, 4) is 17.2 Å². The first kappa shape index (κ1) is 21.4. The van der Waals surface area contributed by atoms with E-state index in [1.807, 2.05) is 54.6 Å². The van der Waals surface area contributed by atoms with Crippen molar-refractivity contribution in [3.05, 3.63) is 113 Å². The molecule has 5 nitrogen and oxygen atoms in total. The van der Waals surface area contributed by atoms with Crippen molar-refractivity contribution in [2.45, 2.75) is 6.42 Å². The topological polar surface area (TPSA) is 78.9 Å². The molecule has 0 spiro atoms. The van der Waals surface area contributed by atoms with Crippen LogP contribution in [0.3, 0.4) is 0 Å². The van der Waals surface area contributed by atoms with E-state index in [1.165, 1.54) is 0 Å². The molecule has 0 aliphatic heterocycles. The molecule has 5 rings (SSSR count). The first-order valence-corrected chi connectivity index (χ1v) is 11.0. The van der Waals surface area contributed by atoms with Gasteiger partial charge in [-0.15, -0.1) is 0 Å². The summed E-state index contributed by atoms with van der Waals surface area (Å²) in [5, 5.41) is 14.5. The largest absolute Gasteiger partial charge is 0.472 e. The van der Waals surface area contributed by atoms with Gasteiger partial charge in [0, 0.05) is 34.3 Å². The smallest absolute Gasteiger partial charge is 0.150 e. The van der Waals surface area contributed by atoms with Crippen LogP contribution in [0.4, 0.5) is 11.4 Å². The number of aromatic nitrogens is 1. The van der Waals surface area contributed by atoms with Gasteiger partial charge in [0.1, 0.15) is 12.4 Å². The third-order valence-electron chi connectivity index (χ3n) is 5.67. The molecular formula is C28H18ClN3O2. The van der Waals surface area contributed by atoms with Crippen molar-refractivity contribution >= 4 is 40.2 Å². The van der Waals surface area contributed by atoms with Crippen LogP contribution < -0.4 is 5.32 Å². The fourth-order valence-electron chi connectivity index (χ4n) is 3.87. The van der Waals surface area contributed by atoms with Crippen molar-refractivity contribution in [1.82, 2.24) is 4.98 Å². The third kappa shape index (κ3) is 4.27. The number of hydrogen-bond donors (Lipinski definition) is 1. The highest BCUT2D eigenvalue weighted by Crippen LogP contribution is 2.33. The molecule has 0 saturated heterocycles. The fourth-order valence-corrected chi connectivity index (χ4v) is 4.12. The number of fused-ring (bicyclic) bond motifs is 1. The second kappa shape index (κ2) is 9.22. The van der Waals surface area contributed by atoms with Gasteiger partial charge in [-0.2, -0.15) is 5.26 Å². The van der Waals surface area contributed by atoms with E-state index in [0.29, 0.717) is 28.3 Å². The Kier molecular flexibility index (Phi) is 5.82. The van der Waals surface area contributed by atoms with Gasteiger partial charge in [-0.1, -0.05) is 54.1 Å². The lowest BCUT2D eigenvalue weighted by Crippen LogP contribution is -1.98. The van der Waals surface area contributed by atoms with E-state index in [2.05, 4.69) is 16.4 Å². The number of pyridine rings is 1. The molecule has 0 radical (unpaired) electrons. The monoisotopic (exact) mass is 463 g/mol. The fraction of sp³-hybridized carbons (Fsp3) is 0.0357. The van der Waals surface area contributed by atoms with Gasteiger partial charge in [0.2, 0.25) is 0 Å². The van der Waals surface area contributed by atoms with E-state index >= 15 is 0 Å². The lowest BCUT2D eigenvalue weighted by Gasteiger charge is -2.14. The van der Waals surface area contributed by atoms with Gasteiger partial charge in [0.25, 0.3) is 0 Å². The third-order valence-corrected chi connectivity index (χ3v) is 6.02. The van der Waals surface area contributed by atoms with Crippen molar-refractivity contribution in [2.24, 2.45) is 0 Å². The highest BCUT2D eigenvalue weighted by Gasteiger charge is 2.12. The maximum atomic E-state index is 10.9. The van der Waals surface area contributed by atoms with Gasteiger partial charge in [-0.05, 0) is 46.5 Å².